The second kappa shape index (κ2) is 17.1. The van der Waals surface area contributed by atoms with Crippen LogP contribution >= 0.6 is 11.6 Å². The molecule has 59 heavy (non-hydrogen) atoms. The molecule has 1 saturated carbocycles. The van der Waals surface area contributed by atoms with Crippen molar-refractivity contribution in [1.29, 1.82) is 0 Å². The van der Waals surface area contributed by atoms with Crippen LogP contribution < -0.4 is 19.1 Å². The molecule has 1 N–H and O–H groups in total. The fourth-order valence-electron chi connectivity index (χ4n) is 9.24. The molecule has 0 saturated heterocycles. The van der Waals surface area contributed by atoms with Gasteiger partial charge in [0, 0.05) is 74.3 Å². The second-order valence-corrected chi connectivity index (χ2v) is 18.8. The summed E-state index contributed by atoms with van der Waals surface area (Å²) < 4.78 is 50.1. The topological polar surface area (TPSA) is 151 Å². The Morgan fingerprint density at radius 2 is 1.98 bits per heavy atom. The number of methoxy groups -OCH3 is 2. The summed E-state index contributed by atoms with van der Waals surface area (Å²) in [5, 5.41) is 4.91. The van der Waals surface area contributed by atoms with E-state index in [9.17, 15) is 9.59 Å². The average Bonchev–Trinajstić information content (AvgIpc) is 3.84. The molecule has 2 aromatic heterocycles. The molecule has 8 rings (SSSR count). The third-order valence-electron chi connectivity index (χ3n) is 12.4. The van der Waals surface area contributed by atoms with Crippen LogP contribution in [0.15, 0.2) is 77.8 Å². The molecule has 1 spiro atoms. The first-order valence-electron chi connectivity index (χ1n) is 20.2. The number of ether oxygens (including phenoxy) is 4. The van der Waals surface area contributed by atoms with Gasteiger partial charge in [0.05, 0.1) is 50.3 Å². The molecule has 2 aliphatic carbocycles. The molecule has 2 aliphatic heterocycles. The molecule has 2 aromatic carbocycles. The normalized spacial score (nSPS) is 28.6. The van der Waals surface area contributed by atoms with Crippen molar-refractivity contribution in [2.45, 2.75) is 63.2 Å². The minimum absolute atomic E-state index is 0.0523. The van der Waals surface area contributed by atoms with E-state index in [1.807, 2.05) is 35.9 Å². The SMILES string of the molecule is COc1nn(C)cc1C(=O)N[S@@]1(=O)=NC(=O)c2ccc3c(c2)N(C[C@@H]2CC[C@H]2[C@@H](OC)/C=C/[C@H](OCCn2ccnc2)[C@H](C)C1)C[C@@]1(CCCc2cc(Cl)ccc21)CO3. The lowest BCUT2D eigenvalue weighted by Gasteiger charge is -2.46. The highest BCUT2D eigenvalue weighted by Crippen LogP contribution is 2.47. The maximum atomic E-state index is 15.1. The number of hydrogen-bond donors (Lipinski definition) is 1. The van der Waals surface area contributed by atoms with E-state index in [1.165, 1.54) is 29.1 Å². The monoisotopic (exact) mass is 845 g/mol. The molecule has 0 unspecified atom stereocenters. The summed E-state index contributed by atoms with van der Waals surface area (Å²) >= 11 is 6.50. The summed E-state index contributed by atoms with van der Waals surface area (Å²) in [4.78, 5) is 34.7. The Kier molecular flexibility index (Phi) is 11.9. The van der Waals surface area contributed by atoms with E-state index in [1.54, 1.807) is 38.8 Å². The predicted octanol–water partition coefficient (Wildman–Crippen LogP) is 6.04. The van der Waals surface area contributed by atoms with Gasteiger partial charge in [0.25, 0.3) is 11.8 Å². The molecule has 4 aromatic rings. The fraction of sp³-hybridized carbons (Fsp3) is 0.488. The number of amides is 2. The Morgan fingerprint density at radius 3 is 2.75 bits per heavy atom. The first-order chi connectivity index (χ1) is 28.5. The van der Waals surface area contributed by atoms with E-state index < -0.39 is 33.8 Å². The number of anilines is 1. The zero-order valence-corrected chi connectivity index (χ0v) is 35.5. The molecule has 4 aliphatic rings. The number of carbonyl (C=O) groups excluding carboxylic acids is 2. The lowest BCUT2D eigenvalue weighted by molar-refractivity contribution is 0.0106. The molecule has 2 bridgehead atoms. The van der Waals surface area contributed by atoms with Gasteiger partial charge in [-0.15, -0.1) is 9.46 Å². The van der Waals surface area contributed by atoms with Crippen molar-refractivity contribution >= 4 is 39.0 Å². The minimum atomic E-state index is -3.79. The first kappa shape index (κ1) is 41.1. The zero-order valence-electron chi connectivity index (χ0n) is 33.9. The van der Waals surface area contributed by atoms with Crippen molar-refractivity contribution in [3.05, 3.63) is 101 Å². The Morgan fingerprint density at radius 1 is 1.14 bits per heavy atom. The number of aryl methyl sites for hydroxylation is 2. The largest absolute Gasteiger partial charge is 0.490 e. The summed E-state index contributed by atoms with van der Waals surface area (Å²) in [6.07, 6.45) is 14.9. The van der Waals surface area contributed by atoms with E-state index in [0.717, 1.165) is 49.4 Å². The summed E-state index contributed by atoms with van der Waals surface area (Å²) in [7, 11) is 0.991. The number of imidazole rings is 1. The van der Waals surface area contributed by atoms with Crippen LogP contribution in [0.1, 0.15) is 64.4 Å². The van der Waals surface area contributed by atoms with Gasteiger partial charge in [-0.05, 0) is 85.4 Å². The van der Waals surface area contributed by atoms with Crippen LogP contribution in [0.2, 0.25) is 5.02 Å². The second-order valence-electron chi connectivity index (χ2n) is 16.3. The number of aromatic nitrogens is 4. The van der Waals surface area contributed by atoms with Gasteiger partial charge in [-0.1, -0.05) is 36.7 Å². The van der Waals surface area contributed by atoms with Gasteiger partial charge in [-0.2, -0.15) is 0 Å². The van der Waals surface area contributed by atoms with Crippen LogP contribution in [0.3, 0.4) is 0 Å². The molecule has 1 fully saturated rings. The van der Waals surface area contributed by atoms with Crippen LogP contribution in [0.25, 0.3) is 0 Å². The number of nitrogens with zero attached hydrogens (tertiary/aromatic N) is 6. The number of hydrogen-bond acceptors (Lipinski definition) is 10. The van der Waals surface area contributed by atoms with Gasteiger partial charge in [0.2, 0.25) is 5.88 Å². The summed E-state index contributed by atoms with van der Waals surface area (Å²) in [6.45, 7) is 4.61. The molecular formula is C43H52ClN7O7S. The maximum absolute atomic E-state index is 15.1. The number of fused-ring (bicyclic) bond motifs is 4. The Bertz CT molecular complexity index is 2340. The molecule has 4 heterocycles. The maximum Gasteiger partial charge on any atom is 0.286 e. The highest BCUT2D eigenvalue weighted by molar-refractivity contribution is 7.92. The molecule has 2 amide bonds. The predicted molar refractivity (Wildman–Crippen MR) is 224 cm³/mol. The quantitative estimate of drug-likeness (QED) is 0.208. The Balaban J connectivity index is 1.20. The van der Waals surface area contributed by atoms with Crippen molar-refractivity contribution < 1.29 is 32.7 Å². The van der Waals surface area contributed by atoms with Crippen molar-refractivity contribution in [2.24, 2.45) is 29.2 Å². The summed E-state index contributed by atoms with van der Waals surface area (Å²) in [6, 6.07) is 11.5. The van der Waals surface area contributed by atoms with Crippen LogP contribution in [-0.2, 0) is 44.8 Å². The lowest BCUT2D eigenvalue weighted by atomic mass is 9.68. The summed E-state index contributed by atoms with van der Waals surface area (Å²) in [5.41, 5.74) is 3.25. The van der Waals surface area contributed by atoms with Gasteiger partial charge in [-0.25, -0.2) is 9.19 Å². The zero-order chi connectivity index (χ0) is 41.3. The molecular weight excluding hydrogens is 794 g/mol. The highest BCUT2D eigenvalue weighted by Gasteiger charge is 2.44. The van der Waals surface area contributed by atoms with Crippen LogP contribution in [0.5, 0.6) is 11.6 Å². The molecule has 7 atom stereocenters. The van der Waals surface area contributed by atoms with Crippen molar-refractivity contribution in [3.63, 3.8) is 0 Å². The summed E-state index contributed by atoms with van der Waals surface area (Å²) in [5.74, 6) is -0.874. The van der Waals surface area contributed by atoms with Crippen molar-refractivity contribution in [1.82, 2.24) is 24.1 Å². The average molecular weight is 846 g/mol. The molecule has 14 nitrogen and oxygen atoms in total. The van der Waals surface area contributed by atoms with E-state index in [2.05, 4.69) is 42.3 Å². The number of carbonyl (C=O) groups is 2. The molecule has 314 valence electrons. The standard InChI is InChI=1S/C43H52ClN7O7S/c1-28-24-59(54,48-41(53)34-23-49(2)46-42(34)56-4)47-40(52)30-8-12-39-36(21-30)51(25-43(26-58-39)15-5-6-29-20-32(44)9-11-35(29)43)22-31-7-10-33(31)38(55-3)14-13-37(28)57-19-18-50-17-16-45-27-50/h8-9,11-14,16-17,20-21,23,27-28,31,33,37-38H,5-7,10,15,18-19,22,24-26H2,1-4H3,(H,47,48,52,53,54)/b14-13+/t28-,31+,33-,37+,38+,43+,59+/m1/s1. The number of nitrogens with one attached hydrogen (secondary N) is 1. The number of halogens is 1. The lowest BCUT2D eigenvalue weighted by Crippen LogP contribution is -2.49. The smallest absolute Gasteiger partial charge is 0.286 e. The highest BCUT2D eigenvalue weighted by atomic mass is 35.5. The van der Waals surface area contributed by atoms with E-state index in [-0.39, 0.29) is 40.2 Å². The Labute approximate surface area is 350 Å². The van der Waals surface area contributed by atoms with Gasteiger partial charge in [0.1, 0.15) is 21.2 Å². The molecule has 16 heteroatoms. The fourth-order valence-corrected chi connectivity index (χ4v) is 11.3. The van der Waals surface area contributed by atoms with Crippen molar-refractivity contribution in [3.8, 4) is 11.6 Å². The van der Waals surface area contributed by atoms with Crippen LogP contribution in [-0.4, -0.2) is 93.8 Å². The van der Waals surface area contributed by atoms with Gasteiger partial charge in [-0.3, -0.25) is 19.0 Å². The Hall–Kier alpha value is -4.70. The number of benzene rings is 2. The third kappa shape index (κ3) is 8.66. The molecule has 0 radical (unpaired) electrons. The van der Waals surface area contributed by atoms with Gasteiger partial charge in [0.15, 0.2) is 0 Å². The van der Waals surface area contributed by atoms with Crippen LogP contribution in [0, 0.1) is 17.8 Å². The van der Waals surface area contributed by atoms with Gasteiger partial charge >= 0.3 is 0 Å². The van der Waals surface area contributed by atoms with Gasteiger partial charge < -0.3 is 28.4 Å². The van der Waals surface area contributed by atoms with Crippen LogP contribution in [0.4, 0.5) is 5.69 Å². The van der Waals surface area contributed by atoms with Crippen molar-refractivity contribution in [2.75, 3.05) is 51.2 Å². The van der Waals surface area contributed by atoms with E-state index in [4.69, 9.17) is 30.5 Å². The van der Waals surface area contributed by atoms with E-state index in [0.29, 0.717) is 38.0 Å². The first-order valence-corrected chi connectivity index (χ1v) is 22.3. The number of rotatable bonds is 8. The van der Waals surface area contributed by atoms with E-state index >= 15 is 4.21 Å². The third-order valence-corrected chi connectivity index (χ3v) is 14.6. The minimum Gasteiger partial charge on any atom is -0.490 e.